The first-order valence-corrected chi connectivity index (χ1v) is 14.0. The average Bonchev–Trinajstić information content (AvgIpc) is 2.83. The van der Waals surface area contributed by atoms with Gasteiger partial charge in [0.05, 0.1) is 5.41 Å². The maximum atomic E-state index is 13.1. The van der Waals surface area contributed by atoms with Gasteiger partial charge in [-0.05, 0) is 105 Å². The molecule has 0 heterocycles. The monoisotopic (exact) mass is 506 g/mol. The van der Waals surface area contributed by atoms with E-state index >= 15 is 0 Å². The summed E-state index contributed by atoms with van der Waals surface area (Å²) in [6.45, 7) is 14.6. The van der Waals surface area contributed by atoms with Gasteiger partial charge in [-0.2, -0.15) is 0 Å². The molecule has 5 heteroatoms. The molecule has 37 heavy (non-hydrogen) atoms. The van der Waals surface area contributed by atoms with Gasteiger partial charge in [0, 0.05) is 17.9 Å². The fourth-order valence-electron chi connectivity index (χ4n) is 9.48. The first kappa shape index (κ1) is 26.2. The van der Waals surface area contributed by atoms with Crippen LogP contribution in [0.15, 0.2) is 46.3 Å². The average molecular weight is 507 g/mol. The number of carbonyl (C=O) groups excluding carboxylic acids is 2. The summed E-state index contributed by atoms with van der Waals surface area (Å²) in [5, 5.41) is 10.2. The van der Waals surface area contributed by atoms with Crippen LogP contribution >= 0.6 is 0 Å². The number of carbonyl (C=O) groups is 3. The first-order valence-electron chi connectivity index (χ1n) is 14.0. The predicted molar refractivity (Wildman–Crippen MR) is 142 cm³/mol. The van der Waals surface area contributed by atoms with E-state index in [1.54, 1.807) is 6.08 Å². The molecule has 0 radical (unpaired) electrons. The van der Waals surface area contributed by atoms with Crippen molar-refractivity contribution in [3.05, 3.63) is 46.3 Å². The number of aliphatic carboxylic acids is 1. The molecule has 0 amide bonds. The molecule has 5 aliphatic carbocycles. The molecule has 3 saturated carbocycles. The van der Waals surface area contributed by atoms with Gasteiger partial charge in [-0.3, -0.25) is 14.4 Å². The third-order valence-electron chi connectivity index (χ3n) is 11.9. The minimum Gasteiger partial charge on any atom is -0.481 e. The highest BCUT2D eigenvalue weighted by Gasteiger charge is 2.68. The molecular formula is C32H42O5. The number of ether oxygens (including phenoxy) is 1. The number of carboxylic acid groups (broad SMARTS) is 1. The standard InChI is InChI=1S/C32H42O5/c1-8-32-16-14-30(6)22-17-23(34)26(37-20(3)33)19(2)21(22)9-10-24(30)31(32,7)15-13-28(4)11-12-29(5,27(35)36)18-25(28)32/h9-10,17,25H,8,11-16,18H2,1-7H3,(H,35,36)/t25-,28-,29-,30+,31-,32+/m1/s1. The molecule has 6 atom stereocenters. The van der Waals surface area contributed by atoms with Crippen molar-refractivity contribution in [2.75, 3.05) is 0 Å². The summed E-state index contributed by atoms with van der Waals surface area (Å²) in [4.78, 5) is 37.2. The summed E-state index contributed by atoms with van der Waals surface area (Å²) in [7, 11) is 0. The minimum atomic E-state index is -0.674. The van der Waals surface area contributed by atoms with Crippen LogP contribution < -0.4 is 0 Å². The van der Waals surface area contributed by atoms with Gasteiger partial charge >= 0.3 is 11.9 Å². The predicted octanol–water partition coefficient (Wildman–Crippen LogP) is 7.09. The number of fused-ring (bicyclic) bond motifs is 7. The molecule has 5 nitrogen and oxygen atoms in total. The number of rotatable bonds is 3. The quantitative estimate of drug-likeness (QED) is 0.413. The Labute approximate surface area is 221 Å². The summed E-state index contributed by atoms with van der Waals surface area (Å²) in [6, 6.07) is 0. The molecule has 0 aromatic carbocycles. The maximum absolute atomic E-state index is 13.1. The highest BCUT2D eigenvalue weighted by molar-refractivity contribution is 6.08. The van der Waals surface area contributed by atoms with Crippen LogP contribution in [0.4, 0.5) is 0 Å². The van der Waals surface area contributed by atoms with E-state index < -0.39 is 17.4 Å². The number of ketones is 1. The van der Waals surface area contributed by atoms with Crippen molar-refractivity contribution in [3.63, 3.8) is 0 Å². The van der Waals surface area contributed by atoms with Gasteiger partial charge in [0.25, 0.3) is 0 Å². The lowest BCUT2D eigenvalue weighted by Crippen LogP contribution is -2.63. The summed E-state index contributed by atoms with van der Waals surface area (Å²) >= 11 is 0. The zero-order valence-corrected chi connectivity index (χ0v) is 23.5. The van der Waals surface area contributed by atoms with Crippen molar-refractivity contribution in [3.8, 4) is 0 Å². The van der Waals surface area contributed by atoms with Crippen molar-refractivity contribution >= 4 is 17.7 Å². The van der Waals surface area contributed by atoms with Crippen molar-refractivity contribution in [1.29, 1.82) is 0 Å². The number of allylic oxidation sites excluding steroid dienone is 7. The largest absolute Gasteiger partial charge is 0.481 e. The molecular weight excluding hydrogens is 464 g/mol. The molecule has 0 aromatic heterocycles. The molecule has 0 bridgehead atoms. The molecule has 5 aliphatic rings. The van der Waals surface area contributed by atoms with E-state index in [9.17, 15) is 19.5 Å². The highest BCUT2D eigenvalue weighted by atomic mass is 16.5. The van der Waals surface area contributed by atoms with Crippen molar-refractivity contribution in [2.24, 2.45) is 33.0 Å². The molecule has 0 unspecified atom stereocenters. The molecule has 0 aliphatic heterocycles. The van der Waals surface area contributed by atoms with Crippen LogP contribution in [0, 0.1) is 33.0 Å². The van der Waals surface area contributed by atoms with Gasteiger partial charge in [0.2, 0.25) is 5.78 Å². The lowest BCUT2D eigenvalue weighted by atomic mass is 9.33. The second-order valence-corrected chi connectivity index (χ2v) is 13.6. The number of carboxylic acids is 1. The smallest absolute Gasteiger partial charge is 0.309 e. The van der Waals surface area contributed by atoms with Crippen LogP contribution in [0.1, 0.15) is 99.8 Å². The lowest BCUT2D eigenvalue weighted by molar-refractivity contribution is -0.184. The maximum Gasteiger partial charge on any atom is 0.309 e. The van der Waals surface area contributed by atoms with Crippen molar-refractivity contribution in [1.82, 2.24) is 0 Å². The Morgan fingerprint density at radius 1 is 1.03 bits per heavy atom. The molecule has 0 aromatic rings. The van der Waals surface area contributed by atoms with E-state index in [-0.39, 0.29) is 33.2 Å². The van der Waals surface area contributed by atoms with Gasteiger partial charge in [-0.25, -0.2) is 0 Å². The van der Waals surface area contributed by atoms with Gasteiger partial charge in [-0.1, -0.05) is 45.4 Å². The van der Waals surface area contributed by atoms with E-state index in [4.69, 9.17) is 4.74 Å². The molecule has 3 fully saturated rings. The van der Waals surface area contributed by atoms with Crippen molar-refractivity contribution < 1.29 is 24.2 Å². The van der Waals surface area contributed by atoms with E-state index in [0.29, 0.717) is 5.92 Å². The van der Waals surface area contributed by atoms with Crippen LogP contribution in [0.5, 0.6) is 0 Å². The normalized spacial score (nSPS) is 42.8. The van der Waals surface area contributed by atoms with Gasteiger partial charge in [-0.15, -0.1) is 0 Å². The molecule has 200 valence electrons. The van der Waals surface area contributed by atoms with Crippen LogP contribution in [0.2, 0.25) is 0 Å². The van der Waals surface area contributed by atoms with E-state index in [0.717, 1.165) is 68.1 Å². The lowest BCUT2D eigenvalue weighted by Gasteiger charge is -2.70. The Kier molecular flexibility index (Phi) is 5.69. The summed E-state index contributed by atoms with van der Waals surface area (Å²) < 4.78 is 5.32. The molecule has 5 rings (SSSR count). The fourth-order valence-corrected chi connectivity index (χ4v) is 9.48. The van der Waals surface area contributed by atoms with Crippen LogP contribution in [-0.4, -0.2) is 22.8 Å². The summed E-state index contributed by atoms with van der Waals surface area (Å²) in [5.41, 5.74) is 3.29. The van der Waals surface area contributed by atoms with E-state index in [1.807, 2.05) is 13.8 Å². The SMILES string of the molecule is CC[C@@]12CC[C@@]3(C)C4=CC(=O)C(OC(C)=O)=C(C)C4=CC=C3[C@@]1(C)CC[C@@]1(C)CC[C@@](C)(C(=O)O)C[C@H]12. The molecule has 0 saturated heterocycles. The first-order chi connectivity index (χ1) is 17.2. The Balaban J connectivity index is 1.65. The van der Waals surface area contributed by atoms with Crippen LogP contribution in [0.3, 0.4) is 0 Å². The number of hydrogen-bond donors (Lipinski definition) is 1. The second-order valence-electron chi connectivity index (χ2n) is 13.6. The Morgan fingerprint density at radius 2 is 1.70 bits per heavy atom. The van der Waals surface area contributed by atoms with Crippen LogP contribution in [-0.2, 0) is 19.1 Å². The van der Waals surface area contributed by atoms with Gasteiger partial charge in [0.1, 0.15) is 0 Å². The number of hydrogen-bond acceptors (Lipinski definition) is 4. The molecule has 1 N–H and O–H groups in total. The third kappa shape index (κ3) is 3.31. The van der Waals surface area contributed by atoms with E-state index in [2.05, 4.69) is 39.8 Å². The minimum absolute atomic E-state index is 0.0147. The zero-order chi connectivity index (χ0) is 27.2. The second kappa shape index (κ2) is 8.04. The van der Waals surface area contributed by atoms with Crippen LogP contribution in [0.25, 0.3) is 0 Å². The highest BCUT2D eigenvalue weighted by Crippen LogP contribution is 2.76. The van der Waals surface area contributed by atoms with E-state index in [1.165, 1.54) is 12.5 Å². The molecule has 0 spiro atoms. The zero-order valence-electron chi connectivity index (χ0n) is 23.5. The third-order valence-corrected chi connectivity index (χ3v) is 11.9. The fraction of sp³-hybridized carbons (Fsp3) is 0.656. The Bertz CT molecular complexity index is 1230. The van der Waals surface area contributed by atoms with Gasteiger partial charge in [0.15, 0.2) is 5.76 Å². The van der Waals surface area contributed by atoms with Crippen molar-refractivity contribution in [2.45, 2.75) is 99.8 Å². The Morgan fingerprint density at radius 3 is 2.32 bits per heavy atom. The number of esters is 1. The topological polar surface area (TPSA) is 80.7 Å². The summed E-state index contributed by atoms with van der Waals surface area (Å²) in [6.07, 6.45) is 13.7. The Hall–Kier alpha value is -2.43. The van der Waals surface area contributed by atoms with Gasteiger partial charge < -0.3 is 9.84 Å². The summed E-state index contributed by atoms with van der Waals surface area (Å²) in [5.74, 6) is -0.900.